The Morgan fingerprint density at radius 1 is 1.11 bits per heavy atom. The fourth-order valence-corrected chi connectivity index (χ4v) is 5.69. The van der Waals surface area contributed by atoms with Gasteiger partial charge in [-0.1, -0.05) is 6.07 Å². The molecule has 9 heteroatoms. The van der Waals surface area contributed by atoms with E-state index in [1.54, 1.807) is 6.33 Å². The Bertz CT molecular complexity index is 1460. The summed E-state index contributed by atoms with van der Waals surface area (Å²) in [5.41, 5.74) is 6.20. The first-order valence-corrected chi connectivity index (χ1v) is 13.9. The van der Waals surface area contributed by atoms with E-state index >= 15 is 0 Å². The molecule has 3 aromatic heterocycles. The number of aromatic nitrogens is 5. The second kappa shape index (κ2) is 9.87. The molecule has 0 bridgehead atoms. The third kappa shape index (κ3) is 4.67. The van der Waals surface area contributed by atoms with Gasteiger partial charge < -0.3 is 25.3 Å². The van der Waals surface area contributed by atoms with Crippen LogP contribution in [-0.4, -0.2) is 57.2 Å². The van der Waals surface area contributed by atoms with Gasteiger partial charge in [0.15, 0.2) is 5.65 Å². The van der Waals surface area contributed by atoms with Crippen molar-refractivity contribution in [1.82, 2.24) is 30.2 Å². The molecule has 0 radical (unpaired) electrons. The number of H-pyrrole nitrogens is 1. The van der Waals surface area contributed by atoms with E-state index in [-0.39, 0.29) is 0 Å². The molecule has 0 spiro atoms. The van der Waals surface area contributed by atoms with Crippen molar-refractivity contribution in [3.63, 3.8) is 0 Å². The van der Waals surface area contributed by atoms with Crippen LogP contribution in [0.25, 0.3) is 22.3 Å². The highest BCUT2D eigenvalue weighted by Crippen LogP contribution is 2.39. The van der Waals surface area contributed by atoms with Crippen LogP contribution in [0.2, 0.25) is 0 Å². The van der Waals surface area contributed by atoms with Crippen LogP contribution in [0.15, 0.2) is 36.8 Å². The summed E-state index contributed by atoms with van der Waals surface area (Å²) >= 11 is 0. The van der Waals surface area contributed by atoms with E-state index in [2.05, 4.69) is 71.6 Å². The zero-order chi connectivity index (χ0) is 25.5. The predicted octanol–water partition coefficient (Wildman–Crippen LogP) is 4.55. The average Bonchev–Trinajstić information content (AvgIpc) is 3.56. The monoisotopic (exact) mass is 510 g/mol. The number of aromatic amines is 1. The van der Waals surface area contributed by atoms with Crippen LogP contribution in [0.4, 0.5) is 11.6 Å². The molecular weight excluding hydrogens is 476 g/mol. The molecule has 1 atom stereocenters. The summed E-state index contributed by atoms with van der Waals surface area (Å²) in [5, 5.41) is 7.11. The second-order valence-corrected chi connectivity index (χ2v) is 10.8. The van der Waals surface area contributed by atoms with Gasteiger partial charge in [-0.15, -0.1) is 0 Å². The first-order valence-electron chi connectivity index (χ1n) is 13.9. The molecule has 38 heavy (non-hydrogen) atoms. The SMILES string of the molecule is Cc1c(NCCC2CCCN2)ncnc1N1CCOc2ccc(-c3cnc4nc(C5CC5)[nH]c4c3)cc2C1. The number of rotatable bonds is 7. The summed E-state index contributed by atoms with van der Waals surface area (Å²) in [6.07, 6.45) is 9.67. The molecule has 1 saturated heterocycles. The topological polar surface area (TPSA) is 104 Å². The van der Waals surface area contributed by atoms with Crippen molar-refractivity contribution in [2.45, 2.75) is 57.5 Å². The van der Waals surface area contributed by atoms with Gasteiger partial charge in [-0.3, -0.25) is 0 Å². The maximum atomic E-state index is 6.15. The van der Waals surface area contributed by atoms with Gasteiger partial charge in [-0.05, 0) is 69.3 Å². The Morgan fingerprint density at radius 2 is 2.05 bits per heavy atom. The molecule has 3 N–H and O–H groups in total. The molecule has 196 valence electrons. The maximum Gasteiger partial charge on any atom is 0.177 e. The van der Waals surface area contributed by atoms with Crippen LogP contribution >= 0.6 is 0 Å². The lowest BCUT2D eigenvalue weighted by Crippen LogP contribution is -2.28. The number of anilines is 2. The fourth-order valence-electron chi connectivity index (χ4n) is 5.69. The van der Waals surface area contributed by atoms with Crippen LogP contribution in [0, 0.1) is 6.92 Å². The molecule has 0 amide bonds. The van der Waals surface area contributed by atoms with Crippen molar-refractivity contribution in [2.24, 2.45) is 0 Å². The van der Waals surface area contributed by atoms with E-state index in [4.69, 9.17) is 4.74 Å². The van der Waals surface area contributed by atoms with Crippen molar-refractivity contribution in [1.29, 1.82) is 0 Å². The molecule has 2 fully saturated rings. The van der Waals surface area contributed by atoms with Crippen LogP contribution in [0.5, 0.6) is 5.75 Å². The number of ether oxygens (including phenoxy) is 1. The first-order chi connectivity index (χ1) is 18.7. The quantitative estimate of drug-likeness (QED) is 0.333. The van der Waals surface area contributed by atoms with E-state index in [9.17, 15) is 0 Å². The molecule has 1 aliphatic carbocycles. The van der Waals surface area contributed by atoms with Crippen LogP contribution in [0.1, 0.15) is 55.0 Å². The van der Waals surface area contributed by atoms with Gasteiger partial charge in [0.25, 0.3) is 0 Å². The van der Waals surface area contributed by atoms with Crippen LogP contribution < -0.4 is 20.3 Å². The Balaban J connectivity index is 1.11. The highest BCUT2D eigenvalue weighted by atomic mass is 16.5. The average molecular weight is 511 g/mol. The van der Waals surface area contributed by atoms with Crippen molar-refractivity contribution in [3.05, 3.63) is 53.7 Å². The van der Waals surface area contributed by atoms with Gasteiger partial charge in [0.05, 0.1) is 12.1 Å². The predicted molar refractivity (Wildman–Crippen MR) is 149 cm³/mol. The van der Waals surface area contributed by atoms with Gasteiger partial charge in [-0.25, -0.2) is 19.9 Å². The largest absolute Gasteiger partial charge is 0.491 e. The zero-order valence-electron chi connectivity index (χ0n) is 21.8. The Morgan fingerprint density at radius 3 is 2.92 bits per heavy atom. The van der Waals surface area contributed by atoms with E-state index in [0.29, 0.717) is 18.6 Å². The number of benzene rings is 1. The van der Waals surface area contributed by atoms with E-state index in [1.165, 1.54) is 25.7 Å². The molecular formula is C29H34N8O. The third-order valence-electron chi connectivity index (χ3n) is 8.00. The number of nitrogens with one attached hydrogen (secondary N) is 3. The molecule has 7 rings (SSSR count). The minimum atomic E-state index is 0.577. The summed E-state index contributed by atoms with van der Waals surface area (Å²) in [6.45, 7) is 6.24. The van der Waals surface area contributed by atoms with Gasteiger partial charge >= 0.3 is 0 Å². The number of hydrogen-bond acceptors (Lipinski definition) is 8. The zero-order valence-corrected chi connectivity index (χ0v) is 21.8. The summed E-state index contributed by atoms with van der Waals surface area (Å²) in [5.74, 6) is 4.44. The fraction of sp³-hybridized carbons (Fsp3) is 0.448. The van der Waals surface area contributed by atoms with Gasteiger partial charge in [0, 0.05) is 47.9 Å². The number of pyridine rings is 1. The van der Waals surface area contributed by atoms with Crippen molar-refractivity contribution < 1.29 is 4.74 Å². The lowest BCUT2D eigenvalue weighted by atomic mass is 10.0. The first kappa shape index (κ1) is 23.4. The van der Waals surface area contributed by atoms with Gasteiger partial charge in [0.1, 0.15) is 36.1 Å². The lowest BCUT2D eigenvalue weighted by Gasteiger charge is -2.24. The van der Waals surface area contributed by atoms with E-state index in [1.807, 2.05) is 6.20 Å². The Hall–Kier alpha value is -3.72. The highest BCUT2D eigenvalue weighted by Gasteiger charge is 2.27. The summed E-state index contributed by atoms with van der Waals surface area (Å²) in [6, 6.07) is 9.19. The second-order valence-electron chi connectivity index (χ2n) is 10.8. The Kier molecular flexibility index (Phi) is 6.08. The molecule has 2 aliphatic heterocycles. The van der Waals surface area contributed by atoms with Crippen molar-refractivity contribution in [3.8, 4) is 16.9 Å². The maximum absolute atomic E-state index is 6.15. The third-order valence-corrected chi connectivity index (χ3v) is 8.00. The van der Waals surface area contributed by atoms with E-state index in [0.717, 1.165) is 89.2 Å². The number of hydrogen-bond donors (Lipinski definition) is 3. The molecule has 3 aliphatic rings. The normalized spacial score (nSPS) is 19.3. The molecule has 5 heterocycles. The van der Waals surface area contributed by atoms with Gasteiger partial charge in [-0.2, -0.15) is 0 Å². The minimum absolute atomic E-state index is 0.577. The summed E-state index contributed by atoms with van der Waals surface area (Å²) in [4.78, 5) is 24.3. The standard InChI is InChI=1S/C29H34N8O/c1-18-26(31-10-8-23-3-2-9-30-23)33-17-34-29(18)37-11-12-38-25-7-6-20(13-22(25)16-37)21-14-24-28(32-15-21)36-27(35-24)19-4-5-19/h6-7,13-15,17,19,23,30H,2-5,8-12,16H2,1H3,(H,31,33,34)(H,32,35,36). The minimum Gasteiger partial charge on any atom is -0.491 e. The smallest absolute Gasteiger partial charge is 0.177 e. The number of fused-ring (bicyclic) bond motifs is 2. The van der Waals surface area contributed by atoms with E-state index < -0.39 is 0 Å². The van der Waals surface area contributed by atoms with Crippen LogP contribution in [0.3, 0.4) is 0 Å². The lowest BCUT2D eigenvalue weighted by molar-refractivity contribution is 0.331. The number of imidazole rings is 1. The molecule has 1 aromatic carbocycles. The molecule has 9 nitrogen and oxygen atoms in total. The van der Waals surface area contributed by atoms with Crippen molar-refractivity contribution >= 4 is 22.8 Å². The summed E-state index contributed by atoms with van der Waals surface area (Å²) in [7, 11) is 0. The van der Waals surface area contributed by atoms with Crippen molar-refractivity contribution in [2.75, 3.05) is 36.5 Å². The van der Waals surface area contributed by atoms with Crippen LogP contribution in [-0.2, 0) is 6.54 Å². The molecule has 1 saturated carbocycles. The Labute approximate surface area is 222 Å². The number of nitrogens with zero attached hydrogens (tertiary/aromatic N) is 5. The van der Waals surface area contributed by atoms with Gasteiger partial charge in [0.2, 0.25) is 0 Å². The molecule has 4 aromatic rings. The summed E-state index contributed by atoms with van der Waals surface area (Å²) < 4.78 is 6.15. The highest BCUT2D eigenvalue weighted by molar-refractivity contribution is 5.78. The molecule has 1 unspecified atom stereocenters.